The van der Waals surface area contributed by atoms with E-state index in [2.05, 4.69) is 12.2 Å². The number of nitrogens with two attached hydrogens (primary N) is 1. The molecular formula is C15H19ClN2O3. The summed E-state index contributed by atoms with van der Waals surface area (Å²) >= 11 is 6.01. The van der Waals surface area contributed by atoms with Crippen molar-refractivity contribution in [1.29, 1.82) is 0 Å². The maximum Gasteiger partial charge on any atom is 0.335 e. The molecule has 114 valence electrons. The van der Waals surface area contributed by atoms with Gasteiger partial charge in [-0.15, -0.1) is 0 Å². The van der Waals surface area contributed by atoms with E-state index in [4.69, 9.17) is 22.4 Å². The van der Waals surface area contributed by atoms with E-state index in [-0.39, 0.29) is 17.2 Å². The fourth-order valence-corrected chi connectivity index (χ4v) is 2.96. The first-order valence-electron chi connectivity index (χ1n) is 6.95. The average Bonchev–Trinajstić information content (AvgIpc) is 2.40. The van der Waals surface area contributed by atoms with Crippen molar-refractivity contribution in [3.8, 4) is 0 Å². The summed E-state index contributed by atoms with van der Waals surface area (Å²) in [6.45, 7) is 2.08. The molecule has 0 aromatic heterocycles. The highest BCUT2D eigenvalue weighted by atomic mass is 35.5. The summed E-state index contributed by atoms with van der Waals surface area (Å²) in [6.07, 6.45) is 3.23. The maximum atomic E-state index is 12.4. The average molecular weight is 311 g/mol. The molecule has 6 heteroatoms. The summed E-state index contributed by atoms with van der Waals surface area (Å²) in [7, 11) is 0. The van der Waals surface area contributed by atoms with Crippen LogP contribution in [0.3, 0.4) is 0 Å². The molecule has 1 aliphatic rings. The number of carbonyl (C=O) groups excluding carboxylic acids is 1. The second-order valence-electron chi connectivity index (χ2n) is 5.81. The van der Waals surface area contributed by atoms with Crippen molar-refractivity contribution < 1.29 is 14.7 Å². The third-order valence-electron chi connectivity index (χ3n) is 3.95. The van der Waals surface area contributed by atoms with Gasteiger partial charge in [-0.2, -0.15) is 0 Å². The van der Waals surface area contributed by atoms with Gasteiger partial charge in [0.25, 0.3) is 0 Å². The number of hydrogen-bond acceptors (Lipinski definition) is 3. The van der Waals surface area contributed by atoms with Gasteiger partial charge in [-0.3, -0.25) is 4.79 Å². The van der Waals surface area contributed by atoms with Gasteiger partial charge in [0.15, 0.2) is 0 Å². The first-order chi connectivity index (χ1) is 9.82. The molecule has 0 aliphatic heterocycles. The number of halogens is 1. The van der Waals surface area contributed by atoms with Crippen LogP contribution in [-0.2, 0) is 4.79 Å². The van der Waals surface area contributed by atoms with Gasteiger partial charge < -0.3 is 16.2 Å². The van der Waals surface area contributed by atoms with Crippen molar-refractivity contribution >= 4 is 29.2 Å². The second kappa shape index (κ2) is 6.03. The molecular weight excluding hydrogens is 292 g/mol. The second-order valence-corrected chi connectivity index (χ2v) is 6.22. The van der Waals surface area contributed by atoms with E-state index < -0.39 is 11.5 Å². The molecule has 1 saturated carbocycles. The Balaban J connectivity index is 2.19. The molecule has 1 aliphatic carbocycles. The number of aromatic carboxylic acids is 1. The maximum absolute atomic E-state index is 12.4. The molecule has 0 saturated heterocycles. The van der Waals surface area contributed by atoms with Crippen molar-refractivity contribution in [1.82, 2.24) is 0 Å². The summed E-state index contributed by atoms with van der Waals surface area (Å²) in [4.78, 5) is 23.4. The largest absolute Gasteiger partial charge is 0.478 e. The van der Waals surface area contributed by atoms with Gasteiger partial charge in [0.2, 0.25) is 5.91 Å². The minimum atomic E-state index is -1.07. The highest BCUT2D eigenvalue weighted by Crippen LogP contribution is 2.32. The number of carboxylic acids is 1. The van der Waals surface area contributed by atoms with Crippen LogP contribution in [0.5, 0.6) is 0 Å². The minimum absolute atomic E-state index is 0.0674. The van der Waals surface area contributed by atoms with Crippen molar-refractivity contribution in [2.24, 2.45) is 11.7 Å². The summed E-state index contributed by atoms with van der Waals surface area (Å²) in [5, 5.41) is 12.0. The first-order valence-corrected chi connectivity index (χ1v) is 7.33. The van der Waals surface area contributed by atoms with Crippen LogP contribution in [0.2, 0.25) is 5.02 Å². The zero-order valence-corrected chi connectivity index (χ0v) is 12.6. The predicted molar refractivity (Wildman–Crippen MR) is 81.6 cm³/mol. The Morgan fingerprint density at radius 3 is 2.81 bits per heavy atom. The molecule has 4 N–H and O–H groups in total. The van der Waals surface area contributed by atoms with Crippen molar-refractivity contribution in [2.45, 2.75) is 38.1 Å². The molecule has 21 heavy (non-hydrogen) atoms. The summed E-state index contributed by atoms with van der Waals surface area (Å²) in [5.74, 6) is -0.982. The molecule has 1 aromatic carbocycles. The Kier molecular flexibility index (Phi) is 4.54. The normalized spacial score (nSPS) is 25.4. The van der Waals surface area contributed by atoms with Crippen molar-refractivity contribution in [3.63, 3.8) is 0 Å². The van der Waals surface area contributed by atoms with Crippen LogP contribution in [0.4, 0.5) is 5.69 Å². The summed E-state index contributed by atoms with van der Waals surface area (Å²) < 4.78 is 0. The molecule has 0 bridgehead atoms. The summed E-state index contributed by atoms with van der Waals surface area (Å²) in [6, 6.07) is 4.19. The smallest absolute Gasteiger partial charge is 0.335 e. The fourth-order valence-electron chi connectivity index (χ4n) is 2.80. The lowest BCUT2D eigenvalue weighted by molar-refractivity contribution is -0.122. The molecule has 0 radical (unpaired) electrons. The fraction of sp³-hybridized carbons (Fsp3) is 0.467. The van der Waals surface area contributed by atoms with Gasteiger partial charge >= 0.3 is 5.97 Å². The van der Waals surface area contributed by atoms with E-state index in [1.165, 1.54) is 18.2 Å². The Morgan fingerprint density at radius 1 is 1.48 bits per heavy atom. The van der Waals surface area contributed by atoms with Crippen molar-refractivity contribution in [3.05, 3.63) is 28.8 Å². The van der Waals surface area contributed by atoms with E-state index in [1.807, 2.05) is 0 Å². The van der Waals surface area contributed by atoms with Crippen molar-refractivity contribution in [2.75, 3.05) is 5.32 Å². The third-order valence-corrected chi connectivity index (χ3v) is 4.28. The van der Waals surface area contributed by atoms with Gasteiger partial charge in [0.1, 0.15) is 0 Å². The third kappa shape index (κ3) is 3.54. The lowest BCUT2D eigenvalue weighted by atomic mass is 9.76. The quantitative estimate of drug-likeness (QED) is 0.800. The minimum Gasteiger partial charge on any atom is -0.478 e. The molecule has 2 unspecified atom stereocenters. The predicted octanol–water partition coefficient (Wildman–Crippen LogP) is 2.88. The van der Waals surface area contributed by atoms with Crippen LogP contribution in [-0.4, -0.2) is 22.5 Å². The molecule has 0 spiro atoms. The number of benzene rings is 1. The number of carboxylic acid groups (broad SMARTS) is 1. The zero-order valence-electron chi connectivity index (χ0n) is 11.9. The van der Waals surface area contributed by atoms with Crippen LogP contribution in [0.1, 0.15) is 43.0 Å². The Hall–Kier alpha value is -1.59. The lowest BCUT2D eigenvalue weighted by Gasteiger charge is -2.35. The monoisotopic (exact) mass is 310 g/mol. The number of anilines is 1. The van der Waals surface area contributed by atoms with E-state index in [0.29, 0.717) is 23.8 Å². The van der Waals surface area contributed by atoms with Gasteiger partial charge in [-0.1, -0.05) is 31.4 Å². The number of nitrogens with one attached hydrogen (secondary N) is 1. The molecule has 2 atom stereocenters. The van der Waals surface area contributed by atoms with Gasteiger partial charge in [0, 0.05) is 0 Å². The Morgan fingerprint density at radius 2 is 2.19 bits per heavy atom. The molecule has 1 fully saturated rings. The first kappa shape index (κ1) is 15.8. The van der Waals surface area contributed by atoms with Crippen LogP contribution in [0.15, 0.2) is 18.2 Å². The standard InChI is InChI=1S/C15H19ClN2O3/c1-9-3-2-6-15(17,8-9)14(21)18-12-7-10(13(19)20)4-5-11(12)16/h4-5,7,9H,2-3,6,8,17H2,1H3,(H,18,21)(H,19,20). The molecule has 1 amide bonds. The van der Waals surface area contributed by atoms with E-state index in [0.717, 1.165) is 12.8 Å². The molecule has 1 aromatic rings. The number of amides is 1. The summed E-state index contributed by atoms with van der Waals surface area (Å²) in [5.41, 5.74) is 5.65. The highest BCUT2D eigenvalue weighted by molar-refractivity contribution is 6.34. The zero-order chi connectivity index (χ0) is 15.6. The van der Waals surface area contributed by atoms with Gasteiger partial charge in [-0.25, -0.2) is 4.79 Å². The van der Waals surface area contributed by atoms with E-state index >= 15 is 0 Å². The Bertz CT molecular complexity index is 576. The van der Waals surface area contributed by atoms with Gasteiger partial charge in [0.05, 0.1) is 21.8 Å². The number of rotatable bonds is 3. The number of hydrogen-bond donors (Lipinski definition) is 3. The molecule has 5 nitrogen and oxygen atoms in total. The molecule has 2 rings (SSSR count). The van der Waals surface area contributed by atoms with E-state index in [1.54, 1.807) is 0 Å². The number of carbonyl (C=O) groups is 2. The Labute approximate surface area is 128 Å². The molecule has 0 heterocycles. The lowest BCUT2D eigenvalue weighted by Crippen LogP contribution is -2.53. The van der Waals surface area contributed by atoms with Crippen LogP contribution in [0, 0.1) is 5.92 Å². The van der Waals surface area contributed by atoms with Crippen LogP contribution >= 0.6 is 11.6 Å². The van der Waals surface area contributed by atoms with Crippen LogP contribution in [0.25, 0.3) is 0 Å². The van der Waals surface area contributed by atoms with Crippen LogP contribution < -0.4 is 11.1 Å². The SMILES string of the molecule is CC1CCCC(N)(C(=O)Nc2cc(C(=O)O)ccc2Cl)C1. The van der Waals surface area contributed by atoms with E-state index in [9.17, 15) is 9.59 Å². The van der Waals surface area contributed by atoms with Gasteiger partial charge in [-0.05, 0) is 37.0 Å². The topological polar surface area (TPSA) is 92.4 Å². The highest BCUT2D eigenvalue weighted by Gasteiger charge is 2.38.